The van der Waals surface area contributed by atoms with Gasteiger partial charge >= 0.3 is 0 Å². The first-order valence-corrected chi connectivity index (χ1v) is 10.5. The molecule has 0 radical (unpaired) electrons. The van der Waals surface area contributed by atoms with Gasteiger partial charge in [0.2, 0.25) is 0 Å². The monoisotopic (exact) mass is 372 g/mol. The van der Waals surface area contributed by atoms with E-state index >= 15 is 0 Å². The van der Waals surface area contributed by atoms with Gasteiger partial charge in [0, 0.05) is 48.4 Å². The predicted molar refractivity (Wildman–Crippen MR) is 105 cm³/mol. The number of hydrogen-bond donors (Lipinski definition) is 1. The lowest BCUT2D eigenvalue weighted by atomic mass is 9.68. The molecular weight excluding hydrogens is 344 g/mol. The van der Waals surface area contributed by atoms with E-state index < -0.39 is 0 Å². The Morgan fingerprint density at radius 1 is 1.23 bits per heavy atom. The quantitative estimate of drug-likeness (QED) is 0.783. The summed E-state index contributed by atoms with van der Waals surface area (Å²) in [7, 11) is 0. The van der Waals surface area contributed by atoms with E-state index in [-0.39, 0.29) is 11.0 Å². The SMILES string of the molecule is Cc1ccsc1CNCCC1(c2ccccn2)CCOC2(CCOC2)C1. The van der Waals surface area contributed by atoms with Crippen molar-refractivity contribution in [2.75, 3.05) is 26.4 Å². The van der Waals surface area contributed by atoms with Crippen LogP contribution in [0.25, 0.3) is 0 Å². The molecule has 0 saturated carbocycles. The number of aryl methyl sites for hydroxylation is 1. The minimum Gasteiger partial charge on any atom is -0.378 e. The molecule has 2 unspecified atom stereocenters. The molecule has 2 aromatic heterocycles. The van der Waals surface area contributed by atoms with Gasteiger partial charge in [-0.2, -0.15) is 0 Å². The Hall–Kier alpha value is -1.27. The lowest BCUT2D eigenvalue weighted by Crippen LogP contribution is -2.49. The van der Waals surface area contributed by atoms with Gasteiger partial charge in [0.1, 0.15) is 0 Å². The smallest absolute Gasteiger partial charge is 0.0945 e. The summed E-state index contributed by atoms with van der Waals surface area (Å²) in [5, 5.41) is 5.83. The van der Waals surface area contributed by atoms with E-state index in [4.69, 9.17) is 14.5 Å². The summed E-state index contributed by atoms with van der Waals surface area (Å²) < 4.78 is 11.9. The molecule has 1 spiro atoms. The van der Waals surface area contributed by atoms with Gasteiger partial charge in [-0.05, 0) is 61.9 Å². The van der Waals surface area contributed by atoms with E-state index in [1.54, 1.807) is 0 Å². The number of aromatic nitrogens is 1. The second-order valence-corrected chi connectivity index (χ2v) is 8.71. The Morgan fingerprint density at radius 2 is 2.19 bits per heavy atom. The Balaban J connectivity index is 1.47. The predicted octanol–water partition coefficient (Wildman–Crippen LogP) is 3.84. The maximum absolute atomic E-state index is 6.21. The highest BCUT2D eigenvalue weighted by molar-refractivity contribution is 7.10. The molecule has 4 rings (SSSR count). The first-order chi connectivity index (χ1) is 12.7. The largest absolute Gasteiger partial charge is 0.378 e. The Bertz CT molecular complexity index is 712. The van der Waals surface area contributed by atoms with Gasteiger partial charge in [-0.1, -0.05) is 6.07 Å². The standard InChI is InChI=1S/C21H28N2O2S/c1-17-5-13-26-18(17)14-22-10-6-20(19-4-2-3-9-23-19)7-12-25-21(15-20)8-11-24-16-21/h2-5,9,13,22H,6-8,10-12,14-16H2,1H3. The van der Waals surface area contributed by atoms with Gasteiger partial charge in [-0.25, -0.2) is 0 Å². The number of ether oxygens (including phenoxy) is 2. The number of rotatable bonds is 6. The van der Waals surface area contributed by atoms with Crippen LogP contribution in [-0.2, 0) is 21.4 Å². The number of hydrogen-bond acceptors (Lipinski definition) is 5. The third-order valence-electron chi connectivity index (χ3n) is 5.96. The van der Waals surface area contributed by atoms with Crippen LogP contribution in [0.2, 0.25) is 0 Å². The van der Waals surface area contributed by atoms with E-state index in [0.717, 1.165) is 58.6 Å². The van der Waals surface area contributed by atoms with Crippen molar-refractivity contribution in [1.29, 1.82) is 0 Å². The second kappa shape index (κ2) is 7.77. The minimum atomic E-state index is -0.111. The Labute approximate surface area is 159 Å². The van der Waals surface area contributed by atoms with Gasteiger partial charge in [0.15, 0.2) is 0 Å². The first-order valence-electron chi connectivity index (χ1n) is 9.58. The zero-order valence-corrected chi connectivity index (χ0v) is 16.3. The van der Waals surface area contributed by atoms with Crippen LogP contribution < -0.4 is 5.32 Å². The molecule has 0 bridgehead atoms. The molecule has 4 nitrogen and oxygen atoms in total. The Morgan fingerprint density at radius 3 is 2.92 bits per heavy atom. The van der Waals surface area contributed by atoms with E-state index in [9.17, 15) is 0 Å². The van der Waals surface area contributed by atoms with Crippen LogP contribution in [0.4, 0.5) is 0 Å². The molecule has 2 aliphatic rings. The van der Waals surface area contributed by atoms with Crippen LogP contribution in [-0.4, -0.2) is 37.0 Å². The average Bonchev–Trinajstić information content (AvgIpc) is 3.29. The minimum absolute atomic E-state index is 0.0741. The number of pyridine rings is 1. The summed E-state index contributed by atoms with van der Waals surface area (Å²) in [4.78, 5) is 6.18. The van der Waals surface area contributed by atoms with Gasteiger partial charge in [0.05, 0.1) is 12.2 Å². The molecule has 1 N–H and O–H groups in total. The molecule has 0 aliphatic carbocycles. The molecule has 140 valence electrons. The summed E-state index contributed by atoms with van der Waals surface area (Å²) in [6.45, 7) is 6.46. The van der Waals surface area contributed by atoms with E-state index in [2.05, 4.69) is 35.8 Å². The van der Waals surface area contributed by atoms with Gasteiger partial charge in [-0.15, -0.1) is 11.3 Å². The van der Waals surface area contributed by atoms with Crippen LogP contribution in [0, 0.1) is 6.92 Å². The van der Waals surface area contributed by atoms with Gasteiger partial charge < -0.3 is 14.8 Å². The van der Waals surface area contributed by atoms with Crippen LogP contribution in [0.5, 0.6) is 0 Å². The fourth-order valence-corrected chi connectivity index (χ4v) is 5.29. The molecule has 2 fully saturated rings. The molecule has 2 aromatic rings. The highest BCUT2D eigenvalue weighted by Crippen LogP contribution is 2.46. The third-order valence-corrected chi connectivity index (χ3v) is 6.98. The van der Waals surface area contributed by atoms with Crippen LogP contribution in [0.3, 0.4) is 0 Å². The van der Waals surface area contributed by atoms with Crippen molar-refractivity contribution in [1.82, 2.24) is 10.3 Å². The topological polar surface area (TPSA) is 43.4 Å². The lowest BCUT2D eigenvalue weighted by Gasteiger charge is -2.45. The molecule has 2 aliphatic heterocycles. The summed E-state index contributed by atoms with van der Waals surface area (Å²) in [5.41, 5.74) is 2.56. The molecule has 5 heteroatoms. The fraction of sp³-hybridized carbons (Fsp3) is 0.571. The highest BCUT2D eigenvalue weighted by Gasteiger charge is 2.49. The van der Waals surface area contributed by atoms with Gasteiger partial charge in [-0.3, -0.25) is 4.98 Å². The number of nitrogens with zero attached hydrogens (tertiary/aromatic N) is 1. The third kappa shape index (κ3) is 3.72. The van der Waals surface area contributed by atoms with Crippen LogP contribution >= 0.6 is 11.3 Å². The van der Waals surface area contributed by atoms with E-state index in [1.807, 2.05) is 23.6 Å². The number of thiophene rings is 1. The second-order valence-electron chi connectivity index (χ2n) is 7.71. The molecule has 26 heavy (non-hydrogen) atoms. The summed E-state index contributed by atoms with van der Waals surface area (Å²) in [6.07, 6.45) is 6.05. The van der Waals surface area contributed by atoms with Crippen LogP contribution in [0.15, 0.2) is 35.8 Å². The summed E-state index contributed by atoms with van der Waals surface area (Å²) in [6, 6.07) is 8.50. The molecule has 4 heterocycles. The average molecular weight is 373 g/mol. The van der Waals surface area contributed by atoms with E-state index in [1.165, 1.54) is 16.1 Å². The van der Waals surface area contributed by atoms with Crippen molar-refractivity contribution in [3.8, 4) is 0 Å². The molecule has 0 amide bonds. The maximum Gasteiger partial charge on any atom is 0.0945 e. The zero-order chi connectivity index (χ0) is 17.9. The fourth-order valence-electron chi connectivity index (χ4n) is 4.41. The molecule has 2 atom stereocenters. The highest BCUT2D eigenvalue weighted by atomic mass is 32.1. The molecule has 0 aromatic carbocycles. The van der Waals surface area contributed by atoms with Crippen molar-refractivity contribution in [2.24, 2.45) is 0 Å². The molecular formula is C21H28N2O2S. The van der Waals surface area contributed by atoms with Gasteiger partial charge in [0.25, 0.3) is 0 Å². The van der Waals surface area contributed by atoms with Crippen molar-refractivity contribution in [3.63, 3.8) is 0 Å². The number of nitrogens with one attached hydrogen (secondary N) is 1. The van der Waals surface area contributed by atoms with E-state index in [0.29, 0.717) is 0 Å². The first kappa shape index (κ1) is 18.1. The van der Waals surface area contributed by atoms with Crippen molar-refractivity contribution in [3.05, 3.63) is 52.0 Å². The van der Waals surface area contributed by atoms with Crippen LogP contribution in [0.1, 0.15) is 41.8 Å². The van der Waals surface area contributed by atoms with Crippen molar-refractivity contribution < 1.29 is 9.47 Å². The lowest BCUT2D eigenvalue weighted by molar-refractivity contribution is -0.109. The Kier molecular flexibility index (Phi) is 5.41. The van der Waals surface area contributed by atoms with Crippen molar-refractivity contribution >= 4 is 11.3 Å². The summed E-state index contributed by atoms with van der Waals surface area (Å²) in [5.74, 6) is 0. The maximum atomic E-state index is 6.21. The normalized spacial score (nSPS) is 28.7. The summed E-state index contributed by atoms with van der Waals surface area (Å²) >= 11 is 1.83. The zero-order valence-electron chi connectivity index (χ0n) is 15.5. The van der Waals surface area contributed by atoms with Crippen molar-refractivity contribution in [2.45, 2.75) is 50.2 Å². The molecule has 2 saturated heterocycles.